The summed E-state index contributed by atoms with van der Waals surface area (Å²) in [5, 5.41) is 11.8. The second kappa shape index (κ2) is 4.53. The summed E-state index contributed by atoms with van der Waals surface area (Å²) in [7, 11) is 1.92. The molecule has 0 aliphatic carbocycles. The number of halogens is 1. The minimum absolute atomic E-state index is 0.635. The van der Waals surface area contributed by atoms with E-state index < -0.39 is 0 Å². The van der Waals surface area contributed by atoms with Gasteiger partial charge in [-0.05, 0) is 24.6 Å². The highest BCUT2D eigenvalue weighted by Gasteiger charge is 2.01. The quantitative estimate of drug-likeness (QED) is 0.890. The first-order valence-electron chi connectivity index (χ1n) is 4.99. The van der Waals surface area contributed by atoms with Crippen molar-refractivity contribution in [3.63, 3.8) is 0 Å². The molecule has 0 radical (unpaired) electrons. The summed E-state index contributed by atoms with van der Waals surface area (Å²) >= 11 is 6.03. The van der Waals surface area contributed by atoms with Crippen LogP contribution in [-0.4, -0.2) is 14.8 Å². The van der Waals surface area contributed by atoms with Crippen molar-refractivity contribution in [2.24, 2.45) is 7.05 Å². The van der Waals surface area contributed by atoms with Gasteiger partial charge in [0.25, 0.3) is 0 Å². The van der Waals surface area contributed by atoms with E-state index >= 15 is 0 Å². The van der Waals surface area contributed by atoms with Crippen LogP contribution in [0.5, 0.6) is 0 Å². The molecule has 1 N–H and O–H groups in total. The molecule has 1 aromatic carbocycles. The Morgan fingerprint density at radius 3 is 2.88 bits per heavy atom. The summed E-state index contributed by atoms with van der Waals surface area (Å²) in [6.45, 7) is 2.62. The summed E-state index contributed by atoms with van der Waals surface area (Å²) in [5.41, 5.74) is 2.06. The molecule has 0 atom stereocenters. The van der Waals surface area contributed by atoms with Gasteiger partial charge in [0.1, 0.15) is 6.33 Å². The van der Waals surface area contributed by atoms with Gasteiger partial charge < -0.3 is 9.88 Å². The second-order valence-electron chi connectivity index (χ2n) is 3.68. The number of benzene rings is 1. The first kappa shape index (κ1) is 11.0. The molecule has 0 spiro atoms. The average Bonchev–Trinajstić information content (AvgIpc) is 2.66. The van der Waals surface area contributed by atoms with E-state index in [2.05, 4.69) is 15.5 Å². The van der Waals surface area contributed by atoms with Crippen molar-refractivity contribution < 1.29 is 0 Å². The lowest BCUT2D eigenvalue weighted by Gasteiger charge is -2.07. The lowest BCUT2D eigenvalue weighted by molar-refractivity contribution is 0.812. The SMILES string of the molecule is Cc1ccc(NCc2nncn2C)cc1Cl. The molecule has 0 bridgehead atoms. The zero-order valence-corrected chi connectivity index (χ0v) is 9.99. The number of hydrogen-bond acceptors (Lipinski definition) is 3. The van der Waals surface area contributed by atoms with Gasteiger partial charge in [0.05, 0.1) is 6.54 Å². The monoisotopic (exact) mass is 236 g/mol. The number of nitrogens with one attached hydrogen (secondary N) is 1. The molecule has 4 nitrogen and oxygen atoms in total. The number of aryl methyl sites for hydroxylation is 2. The fourth-order valence-electron chi connectivity index (χ4n) is 1.35. The van der Waals surface area contributed by atoms with Crippen LogP contribution in [0.25, 0.3) is 0 Å². The maximum absolute atomic E-state index is 6.03. The van der Waals surface area contributed by atoms with E-state index in [0.717, 1.165) is 22.1 Å². The molecular formula is C11H13ClN4. The Labute approximate surface area is 99.3 Å². The molecule has 0 aliphatic heterocycles. The number of nitrogens with zero attached hydrogens (tertiary/aromatic N) is 3. The fraction of sp³-hybridized carbons (Fsp3) is 0.273. The lowest BCUT2D eigenvalue weighted by Crippen LogP contribution is -2.05. The van der Waals surface area contributed by atoms with E-state index in [9.17, 15) is 0 Å². The zero-order valence-electron chi connectivity index (χ0n) is 9.24. The maximum atomic E-state index is 6.03. The molecule has 0 saturated heterocycles. The molecule has 0 unspecified atom stereocenters. The Kier molecular flexibility index (Phi) is 3.10. The first-order valence-corrected chi connectivity index (χ1v) is 5.37. The summed E-state index contributed by atoms with van der Waals surface area (Å²) in [5.74, 6) is 0.886. The minimum Gasteiger partial charge on any atom is -0.378 e. The second-order valence-corrected chi connectivity index (χ2v) is 4.08. The van der Waals surface area contributed by atoms with Gasteiger partial charge in [-0.1, -0.05) is 17.7 Å². The molecule has 2 rings (SSSR count). The third-order valence-corrected chi connectivity index (χ3v) is 2.83. The third-order valence-electron chi connectivity index (χ3n) is 2.43. The molecular weight excluding hydrogens is 224 g/mol. The maximum Gasteiger partial charge on any atom is 0.151 e. The van der Waals surface area contributed by atoms with E-state index in [0.29, 0.717) is 6.54 Å². The molecule has 84 valence electrons. The minimum atomic E-state index is 0.635. The van der Waals surface area contributed by atoms with Crippen LogP contribution in [0.1, 0.15) is 11.4 Å². The van der Waals surface area contributed by atoms with Crippen molar-refractivity contribution in [1.29, 1.82) is 0 Å². The van der Waals surface area contributed by atoms with Gasteiger partial charge in [-0.2, -0.15) is 0 Å². The molecule has 16 heavy (non-hydrogen) atoms. The molecule has 5 heteroatoms. The predicted molar refractivity (Wildman–Crippen MR) is 64.5 cm³/mol. The first-order chi connectivity index (χ1) is 7.66. The Morgan fingerprint density at radius 1 is 1.44 bits per heavy atom. The van der Waals surface area contributed by atoms with E-state index in [4.69, 9.17) is 11.6 Å². The van der Waals surface area contributed by atoms with Crippen LogP contribution >= 0.6 is 11.6 Å². The van der Waals surface area contributed by atoms with Gasteiger partial charge in [-0.15, -0.1) is 10.2 Å². The van der Waals surface area contributed by atoms with E-state index in [1.807, 2.05) is 36.7 Å². The van der Waals surface area contributed by atoms with E-state index in [1.165, 1.54) is 0 Å². The highest BCUT2D eigenvalue weighted by atomic mass is 35.5. The lowest BCUT2D eigenvalue weighted by atomic mass is 10.2. The van der Waals surface area contributed by atoms with Crippen molar-refractivity contribution >= 4 is 17.3 Å². The van der Waals surface area contributed by atoms with Gasteiger partial charge in [-0.3, -0.25) is 0 Å². The van der Waals surface area contributed by atoms with Crippen molar-refractivity contribution in [2.45, 2.75) is 13.5 Å². The highest BCUT2D eigenvalue weighted by Crippen LogP contribution is 2.20. The third kappa shape index (κ3) is 2.33. The van der Waals surface area contributed by atoms with Gasteiger partial charge in [-0.25, -0.2) is 0 Å². The van der Waals surface area contributed by atoms with Crippen LogP contribution < -0.4 is 5.32 Å². The van der Waals surface area contributed by atoms with Crippen LogP contribution in [0, 0.1) is 6.92 Å². The standard InChI is InChI=1S/C11H13ClN4/c1-8-3-4-9(5-10(8)12)13-6-11-15-14-7-16(11)2/h3-5,7,13H,6H2,1-2H3. The zero-order chi connectivity index (χ0) is 11.5. The topological polar surface area (TPSA) is 42.7 Å². The molecule has 1 heterocycles. The van der Waals surface area contributed by atoms with Gasteiger partial charge in [0.2, 0.25) is 0 Å². The van der Waals surface area contributed by atoms with Crippen LogP contribution in [0.2, 0.25) is 5.02 Å². The Hall–Kier alpha value is -1.55. The van der Waals surface area contributed by atoms with Crippen LogP contribution in [0.15, 0.2) is 24.5 Å². The number of hydrogen-bond donors (Lipinski definition) is 1. The molecule has 2 aromatic rings. The molecule has 1 aromatic heterocycles. The summed E-state index contributed by atoms with van der Waals surface area (Å²) in [6, 6.07) is 5.90. The van der Waals surface area contributed by atoms with Crippen LogP contribution in [-0.2, 0) is 13.6 Å². The highest BCUT2D eigenvalue weighted by molar-refractivity contribution is 6.31. The van der Waals surface area contributed by atoms with Crippen molar-refractivity contribution in [2.75, 3.05) is 5.32 Å². The van der Waals surface area contributed by atoms with Crippen molar-refractivity contribution in [3.05, 3.63) is 40.9 Å². The molecule has 0 saturated carbocycles. The predicted octanol–water partition coefficient (Wildman–Crippen LogP) is 2.39. The normalized spacial score (nSPS) is 10.4. The van der Waals surface area contributed by atoms with E-state index in [1.54, 1.807) is 6.33 Å². The summed E-state index contributed by atoms with van der Waals surface area (Å²) < 4.78 is 1.88. The average molecular weight is 237 g/mol. The summed E-state index contributed by atoms with van der Waals surface area (Å²) in [4.78, 5) is 0. The van der Waals surface area contributed by atoms with Crippen molar-refractivity contribution in [3.8, 4) is 0 Å². The molecule has 0 fully saturated rings. The van der Waals surface area contributed by atoms with Crippen LogP contribution in [0.3, 0.4) is 0 Å². The van der Waals surface area contributed by atoms with E-state index in [-0.39, 0.29) is 0 Å². The van der Waals surface area contributed by atoms with Gasteiger partial charge in [0, 0.05) is 17.8 Å². The smallest absolute Gasteiger partial charge is 0.151 e. The number of rotatable bonds is 3. The molecule has 0 amide bonds. The Bertz CT molecular complexity index is 492. The van der Waals surface area contributed by atoms with Crippen molar-refractivity contribution in [1.82, 2.24) is 14.8 Å². The fourth-order valence-corrected chi connectivity index (χ4v) is 1.53. The Balaban J connectivity index is 2.05. The summed E-state index contributed by atoms with van der Waals surface area (Å²) in [6.07, 6.45) is 1.68. The Morgan fingerprint density at radius 2 is 2.25 bits per heavy atom. The molecule has 0 aliphatic rings. The number of anilines is 1. The largest absolute Gasteiger partial charge is 0.378 e. The number of aromatic nitrogens is 3. The van der Waals surface area contributed by atoms with Gasteiger partial charge >= 0.3 is 0 Å². The van der Waals surface area contributed by atoms with Crippen LogP contribution in [0.4, 0.5) is 5.69 Å². The van der Waals surface area contributed by atoms with Gasteiger partial charge in [0.15, 0.2) is 5.82 Å².